The summed E-state index contributed by atoms with van der Waals surface area (Å²) in [5.74, 6) is -0.905. The van der Waals surface area contributed by atoms with Gasteiger partial charge >= 0.3 is 5.97 Å². The maximum Gasteiger partial charge on any atom is 0.306 e. The summed E-state index contributed by atoms with van der Waals surface area (Å²) in [7, 11) is 0. The molecule has 0 aliphatic carbocycles. The van der Waals surface area contributed by atoms with Gasteiger partial charge in [0, 0.05) is 13.2 Å². The third kappa shape index (κ3) is 5.80. The van der Waals surface area contributed by atoms with Crippen molar-refractivity contribution in [1.29, 1.82) is 0 Å². The molecule has 0 aromatic heterocycles. The third-order valence-corrected chi connectivity index (χ3v) is 3.36. The van der Waals surface area contributed by atoms with Crippen LogP contribution in [0.2, 0.25) is 0 Å². The highest BCUT2D eigenvalue weighted by atomic mass is 16.5. The molecule has 1 unspecified atom stereocenters. The lowest BCUT2D eigenvalue weighted by Crippen LogP contribution is -2.41. The van der Waals surface area contributed by atoms with Crippen molar-refractivity contribution in [2.75, 3.05) is 32.8 Å². The minimum atomic E-state index is -0.696. The third-order valence-electron chi connectivity index (χ3n) is 3.36. The molecule has 0 bridgehead atoms. The summed E-state index contributed by atoms with van der Waals surface area (Å²) in [4.78, 5) is 12.9. The largest absolute Gasteiger partial charge is 0.481 e. The van der Waals surface area contributed by atoms with Crippen LogP contribution in [0.15, 0.2) is 0 Å². The first-order chi connectivity index (χ1) is 8.63. The maximum absolute atomic E-state index is 10.8. The second-order valence-electron chi connectivity index (χ2n) is 5.00. The Bertz CT molecular complexity index is 239. The van der Waals surface area contributed by atoms with E-state index in [0.29, 0.717) is 32.6 Å². The molecule has 1 heterocycles. The van der Waals surface area contributed by atoms with Crippen molar-refractivity contribution < 1.29 is 19.7 Å². The molecule has 5 heteroatoms. The molecule has 0 spiro atoms. The first kappa shape index (κ1) is 15.4. The van der Waals surface area contributed by atoms with E-state index >= 15 is 0 Å². The number of hydrogen-bond acceptors (Lipinski definition) is 4. The quantitative estimate of drug-likeness (QED) is 0.635. The van der Waals surface area contributed by atoms with Gasteiger partial charge in [-0.3, -0.25) is 4.79 Å². The van der Waals surface area contributed by atoms with Crippen molar-refractivity contribution in [3.05, 3.63) is 0 Å². The molecule has 0 amide bonds. The molecule has 1 saturated heterocycles. The molecule has 1 fully saturated rings. The minimum absolute atomic E-state index is 0.209. The number of aliphatic carboxylic acids is 1. The standard InChI is InChI=1S/C13H25NO4/c1-2-3-8-18-10-12(15)9-14-6-4-11(5-7-14)13(16)17/h11-12,15H,2-10H2,1H3,(H,16,17). The molecule has 1 rings (SSSR count). The van der Waals surface area contributed by atoms with Gasteiger partial charge in [-0.1, -0.05) is 13.3 Å². The summed E-state index contributed by atoms with van der Waals surface area (Å²) < 4.78 is 5.37. The fourth-order valence-electron chi connectivity index (χ4n) is 2.18. The van der Waals surface area contributed by atoms with Gasteiger partial charge in [-0.15, -0.1) is 0 Å². The topological polar surface area (TPSA) is 70.0 Å². The fourth-order valence-corrected chi connectivity index (χ4v) is 2.18. The lowest BCUT2D eigenvalue weighted by atomic mass is 9.97. The number of aliphatic hydroxyl groups excluding tert-OH is 1. The van der Waals surface area contributed by atoms with Crippen LogP contribution in [0.1, 0.15) is 32.6 Å². The number of carboxylic acids is 1. The number of carbonyl (C=O) groups is 1. The van der Waals surface area contributed by atoms with Gasteiger partial charge < -0.3 is 19.8 Å². The van der Waals surface area contributed by atoms with Gasteiger partial charge in [0.05, 0.1) is 18.6 Å². The van der Waals surface area contributed by atoms with Crippen LogP contribution in [-0.2, 0) is 9.53 Å². The number of likely N-dealkylation sites (tertiary alicyclic amines) is 1. The Balaban J connectivity index is 2.10. The summed E-state index contributed by atoms with van der Waals surface area (Å²) in [6.45, 7) is 5.27. The molecule has 0 aromatic carbocycles. The van der Waals surface area contributed by atoms with Crippen LogP contribution < -0.4 is 0 Å². The summed E-state index contributed by atoms with van der Waals surface area (Å²) in [5, 5.41) is 18.7. The van der Waals surface area contributed by atoms with Crippen LogP contribution >= 0.6 is 0 Å². The van der Waals surface area contributed by atoms with Crippen LogP contribution in [0.4, 0.5) is 0 Å². The molecule has 1 atom stereocenters. The van der Waals surface area contributed by atoms with Crippen molar-refractivity contribution in [3.63, 3.8) is 0 Å². The average molecular weight is 259 g/mol. The summed E-state index contributed by atoms with van der Waals surface area (Å²) in [6, 6.07) is 0. The molecule has 1 aliphatic heterocycles. The first-order valence-corrected chi connectivity index (χ1v) is 6.84. The lowest BCUT2D eigenvalue weighted by molar-refractivity contribution is -0.143. The summed E-state index contributed by atoms with van der Waals surface area (Å²) in [6.07, 6.45) is 3.01. The Morgan fingerprint density at radius 3 is 2.67 bits per heavy atom. The zero-order chi connectivity index (χ0) is 13.4. The van der Waals surface area contributed by atoms with E-state index < -0.39 is 12.1 Å². The maximum atomic E-state index is 10.8. The Morgan fingerprint density at radius 1 is 1.44 bits per heavy atom. The van der Waals surface area contributed by atoms with Gasteiger partial charge in [0.2, 0.25) is 0 Å². The van der Waals surface area contributed by atoms with E-state index in [4.69, 9.17) is 9.84 Å². The van der Waals surface area contributed by atoms with Gasteiger partial charge in [0.15, 0.2) is 0 Å². The normalized spacial score (nSPS) is 19.9. The molecule has 0 radical (unpaired) electrons. The smallest absolute Gasteiger partial charge is 0.306 e. The number of piperidine rings is 1. The number of rotatable bonds is 8. The molecular weight excluding hydrogens is 234 g/mol. The van der Waals surface area contributed by atoms with Crippen molar-refractivity contribution >= 4 is 5.97 Å². The first-order valence-electron chi connectivity index (χ1n) is 6.84. The second kappa shape index (κ2) is 8.45. The highest BCUT2D eigenvalue weighted by molar-refractivity contribution is 5.70. The van der Waals surface area contributed by atoms with E-state index in [2.05, 4.69) is 11.8 Å². The SMILES string of the molecule is CCCCOCC(O)CN1CCC(C(=O)O)CC1. The van der Waals surface area contributed by atoms with Crippen LogP contribution in [0, 0.1) is 5.92 Å². The van der Waals surface area contributed by atoms with E-state index in [9.17, 15) is 9.90 Å². The van der Waals surface area contributed by atoms with Gasteiger partial charge in [-0.05, 0) is 32.4 Å². The molecule has 18 heavy (non-hydrogen) atoms. The van der Waals surface area contributed by atoms with Crippen molar-refractivity contribution in [3.8, 4) is 0 Å². The molecule has 0 saturated carbocycles. The predicted octanol–water partition coefficient (Wildman–Crippen LogP) is 0.961. The average Bonchev–Trinajstić information content (AvgIpc) is 2.35. The highest BCUT2D eigenvalue weighted by Gasteiger charge is 2.25. The Morgan fingerprint density at radius 2 is 2.11 bits per heavy atom. The predicted molar refractivity (Wildman–Crippen MR) is 68.5 cm³/mol. The number of carboxylic acid groups (broad SMARTS) is 1. The van der Waals surface area contributed by atoms with Crippen molar-refractivity contribution in [2.24, 2.45) is 5.92 Å². The Hall–Kier alpha value is -0.650. The minimum Gasteiger partial charge on any atom is -0.481 e. The van der Waals surface area contributed by atoms with Crippen molar-refractivity contribution in [1.82, 2.24) is 4.90 Å². The fraction of sp³-hybridized carbons (Fsp3) is 0.923. The highest BCUT2D eigenvalue weighted by Crippen LogP contribution is 2.17. The van der Waals surface area contributed by atoms with E-state index in [1.165, 1.54) is 0 Å². The number of aliphatic hydroxyl groups is 1. The number of hydrogen-bond donors (Lipinski definition) is 2. The zero-order valence-corrected chi connectivity index (χ0v) is 11.2. The summed E-state index contributed by atoms with van der Waals surface area (Å²) in [5.41, 5.74) is 0. The zero-order valence-electron chi connectivity index (χ0n) is 11.2. The number of unbranched alkanes of at least 4 members (excludes halogenated alkanes) is 1. The van der Waals surface area contributed by atoms with E-state index in [1.54, 1.807) is 0 Å². The molecule has 0 aromatic rings. The van der Waals surface area contributed by atoms with Crippen LogP contribution in [0.5, 0.6) is 0 Å². The van der Waals surface area contributed by atoms with Gasteiger partial charge in [-0.25, -0.2) is 0 Å². The number of β-amino-alcohol motifs (C(OH)–C–C–N with tert-alkyl or cyclic N) is 1. The lowest BCUT2D eigenvalue weighted by Gasteiger charge is -2.31. The van der Waals surface area contributed by atoms with Crippen LogP contribution in [-0.4, -0.2) is 60.0 Å². The van der Waals surface area contributed by atoms with Crippen LogP contribution in [0.25, 0.3) is 0 Å². The van der Waals surface area contributed by atoms with E-state index in [1.807, 2.05) is 0 Å². The van der Waals surface area contributed by atoms with Crippen LogP contribution in [0.3, 0.4) is 0 Å². The van der Waals surface area contributed by atoms with Gasteiger partial charge in [0.1, 0.15) is 0 Å². The molecule has 2 N–H and O–H groups in total. The van der Waals surface area contributed by atoms with Gasteiger partial charge in [-0.2, -0.15) is 0 Å². The van der Waals surface area contributed by atoms with Crippen molar-refractivity contribution in [2.45, 2.75) is 38.7 Å². The summed E-state index contributed by atoms with van der Waals surface area (Å²) >= 11 is 0. The monoisotopic (exact) mass is 259 g/mol. The molecule has 106 valence electrons. The van der Waals surface area contributed by atoms with E-state index in [-0.39, 0.29) is 5.92 Å². The Kier molecular flexibility index (Phi) is 7.23. The molecule has 1 aliphatic rings. The Labute approximate surface area is 109 Å². The number of nitrogens with zero attached hydrogens (tertiary/aromatic N) is 1. The molecular formula is C13H25NO4. The second-order valence-corrected chi connectivity index (χ2v) is 5.00. The number of ether oxygens (including phenoxy) is 1. The van der Waals surface area contributed by atoms with Gasteiger partial charge in [0.25, 0.3) is 0 Å². The van der Waals surface area contributed by atoms with E-state index in [0.717, 1.165) is 25.9 Å². The molecule has 5 nitrogen and oxygen atoms in total.